The second-order valence-electron chi connectivity index (χ2n) is 4.59. The molecule has 5 heteroatoms. The minimum Gasteiger partial charge on any atom is -0.381 e. The van der Waals surface area contributed by atoms with E-state index in [2.05, 4.69) is 32.4 Å². The van der Waals surface area contributed by atoms with Gasteiger partial charge in [-0.3, -0.25) is 0 Å². The Kier molecular flexibility index (Phi) is 4.27. The first-order valence-corrected chi connectivity index (χ1v) is 7.67. The smallest absolute Gasteiger partial charge is 0.0666 e. The number of hydrogen-bond donors (Lipinski definition) is 1. The number of nitrogens with zero attached hydrogens (tertiary/aromatic N) is 2. The number of halogens is 2. The van der Waals surface area contributed by atoms with E-state index in [4.69, 9.17) is 11.6 Å². The first kappa shape index (κ1) is 14.2. The number of anilines is 1. The molecule has 3 aromatic rings. The standard InChI is InChI=1S/C16H13BrClN3/c17-13-6-5-12(16(18)9-13)11-19-14-3-1-4-15(10-14)21-8-2-7-20-21/h1-10,19H,11H2. The molecule has 0 radical (unpaired) electrons. The molecule has 3 rings (SSSR count). The van der Waals surface area contributed by atoms with Crippen molar-refractivity contribution < 1.29 is 0 Å². The highest BCUT2D eigenvalue weighted by Gasteiger charge is 2.02. The van der Waals surface area contributed by atoms with Gasteiger partial charge in [0.25, 0.3) is 0 Å². The Bertz CT molecular complexity index is 741. The van der Waals surface area contributed by atoms with Crippen molar-refractivity contribution in [2.75, 3.05) is 5.32 Å². The lowest BCUT2D eigenvalue weighted by atomic mass is 10.2. The average molecular weight is 363 g/mol. The summed E-state index contributed by atoms with van der Waals surface area (Å²) in [4.78, 5) is 0. The summed E-state index contributed by atoms with van der Waals surface area (Å²) < 4.78 is 2.81. The summed E-state index contributed by atoms with van der Waals surface area (Å²) in [6.45, 7) is 0.675. The maximum Gasteiger partial charge on any atom is 0.0666 e. The number of benzene rings is 2. The van der Waals surface area contributed by atoms with Gasteiger partial charge in [0.2, 0.25) is 0 Å². The van der Waals surface area contributed by atoms with E-state index in [1.165, 1.54) is 0 Å². The Morgan fingerprint density at radius 2 is 2.05 bits per heavy atom. The zero-order valence-corrected chi connectivity index (χ0v) is 13.5. The summed E-state index contributed by atoms with van der Waals surface area (Å²) in [5, 5.41) is 8.37. The molecule has 1 heterocycles. The molecule has 21 heavy (non-hydrogen) atoms. The molecule has 0 unspecified atom stereocenters. The number of nitrogens with one attached hydrogen (secondary N) is 1. The SMILES string of the molecule is Clc1cc(Br)ccc1CNc1cccc(-n2cccn2)c1. The van der Waals surface area contributed by atoms with Crippen molar-refractivity contribution in [3.8, 4) is 5.69 Å². The van der Waals surface area contributed by atoms with Crippen LogP contribution < -0.4 is 5.32 Å². The highest BCUT2D eigenvalue weighted by atomic mass is 79.9. The van der Waals surface area contributed by atoms with Crippen LogP contribution in [0.15, 0.2) is 65.4 Å². The van der Waals surface area contributed by atoms with Crippen molar-refractivity contribution in [2.24, 2.45) is 0 Å². The van der Waals surface area contributed by atoms with Crippen LogP contribution in [0.5, 0.6) is 0 Å². The first-order chi connectivity index (χ1) is 10.2. The minimum atomic E-state index is 0.675. The summed E-state index contributed by atoms with van der Waals surface area (Å²) in [7, 11) is 0. The second-order valence-corrected chi connectivity index (χ2v) is 5.91. The van der Waals surface area contributed by atoms with Crippen molar-refractivity contribution >= 4 is 33.2 Å². The van der Waals surface area contributed by atoms with Gasteiger partial charge in [0.1, 0.15) is 0 Å². The fraction of sp³-hybridized carbons (Fsp3) is 0.0625. The Morgan fingerprint density at radius 3 is 2.81 bits per heavy atom. The van der Waals surface area contributed by atoms with Crippen LogP contribution in [0.25, 0.3) is 5.69 Å². The Hall–Kier alpha value is -1.78. The third-order valence-corrected chi connectivity index (χ3v) is 3.96. The van der Waals surface area contributed by atoms with Crippen molar-refractivity contribution in [3.05, 3.63) is 76.0 Å². The van der Waals surface area contributed by atoms with Gasteiger partial charge in [-0.25, -0.2) is 4.68 Å². The van der Waals surface area contributed by atoms with Crippen LogP contribution in [0.2, 0.25) is 5.02 Å². The van der Waals surface area contributed by atoms with E-state index >= 15 is 0 Å². The molecule has 0 atom stereocenters. The largest absolute Gasteiger partial charge is 0.381 e. The summed E-state index contributed by atoms with van der Waals surface area (Å²) >= 11 is 9.63. The van der Waals surface area contributed by atoms with Gasteiger partial charge in [0.15, 0.2) is 0 Å². The zero-order valence-electron chi connectivity index (χ0n) is 11.1. The zero-order chi connectivity index (χ0) is 14.7. The summed E-state index contributed by atoms with van der Waals surface area (Å²) in [6.07, 6.45) is 3.69. The van der Waals surface area contributed by atoms with Crippen molar-refractivity contribution in [3.63, 3.8) is 0 Å². The maximum atomic E-state index is 6.22. The van der Waals surface area contributed by atoms with Gasteiger partial charge in [-0.2, -0.15) is 5.10 Å². The molecule has 0 spiro atoms. The molecule has 0 fully saturated rings. The van der Waals surface area contributed by atoms with Gasteiger partial charge in [0, 0.05) is 34.1 Å². The van der Waals surface area contributed by atoms with Gasteiger partial charge in [0.05, 0.1) is 5.69 Å². The maximum absolute atomic E-state index is 6.22. The fourth-order valence-electron chi connectivity index (χ4n) is 2.04. The highest BCUT2D eigenvalue weighted by Crippen LogP contribution is 2.22. The number of rotatable bonds is 4. The van der Waals surface area contributed by atoms with Crippen LogP contribution in [0, 0.1) is 0 Å². The molecule has 1 N–H and O–H groups in total. The minimum absolute atomic E-state index is 0.675. The fourth-order valence-corrected chi connectivity index (χ4v) is 2.78. The van der Waals surface area contributed by atoms with Gasteiger partial charge in [-0.05, 0) is 42.0 Å². The quantitative estimate of drug-likeness (QED) is 0.715. The molecule has 0 aliphatic heterocycles. The molecule has 3 nitrogen and oxygen atoms in total. The van der Waals surface area contributed by atoms with Crippen LogP contribution in [-0.4, -0.2) is 9.78 Å². The van der Waals surface area contributed by atoms with Crippen LogP contribution in [0.1, 0.15) is 5.56 Å². The van der Waals surface area contributed by atoms with Crippen LogP contribution in [-0.2, 0) is 6.54 Å². The molecule has 0 bridgehead atoms. The lowest BCUT2D eigenvalue weighted by Crippen LogP contribution is -2.01. The predicted octanol–water partition coefficient (Wildman–Crippen LogP) is 4.90. The second kappa shape index (κ2) is 6.33. The lowest BCUT2D eigenvalue weighted by Gasteiger charge is -2.10. The molecular weight excluding hydrogens is 350 g/mol. The molecule has 2 aromatic carbocycles. The molecule has 0 saturated heterocycles. The van der Waals surface area contributed by atoms with Crippen molar-refractivity contribution in [2.45, 2.75) is 6.54 Å². The average Bonchev–Trinajstić information content (AvgIpc) is 3.01. The predicted molar refractivity (Wildman–Crippen MR) is 90.0 cm³/mol. The van der Waals surface area contributed by atoms with E-state index in [1.807, 2.05) is 53.3 Å². The van der Waals surface area contributed by atoms with E-state index in [0.29, 0.717) is 6.54 Å². The Balaban J connectivity index is 1.75. The molecule has 0 aliphatic carbocycles. The molecule has 1 aromatic heterocycles. The van der Waals surface area contributed by atoms with E-state index < -0.39 is 0 Å². The van der Waals surface area contributed by atoms with E-state index in [1.54, 1.807) is 6.20 Å². The topological polar surface area (TPSA) is 29.9 Å². The monoisotopic (exact) mass is 361 g/mol. The first-order valence-electron chi connectivity index (χ1n) is 6.50. The normalized spacial score (nSPS) is 10.6. The molecule has 106 valence electrons. The van der Waals surface area contributed by atoms with E-state index in [0.717, 1.165) is 26.4 Å². The molecule has 0 saturated carbocycles. The van der Waals surface area contributed by atoms with Crippen molar-refractivity contribution in [1.82, 2.24) is 9.78 Å². The van der Waals surface area contributed by atoms with Crippen LogP contribution in [0.3, 0.4) is 0 Å². The third-order valence-electron chi connectivity index (χ3n) is 3.11. The summed E-state index contributed by atoms with van der Waals surface area (Å²) in [5.41, 5.74) is 3.11. The van der Waals surface area contributed by atoms with Crippen molar-refractivity contribution in [1.29, 1.82) is 0 Å². The number of hydrogen-bond acceptors (Lipinski definition) is 2. The third kappa shape index (κ3) is 3.46. The summed E-state index contributed by atoms with van der Waals surface area (Å²) in [6, 6.07) is 15.9. The van der Waals surface area contributed by atoms with Crippen LogP contribution in [0.4, 0.5) is 5.69 Å². The molecule has 0 aliphatic rings. The van der Waals surface area contributed by atoms with E-state index in [-0.39, 0.29) is 0 Å². The Labute approximate surface area is 136 Å². The Morgan fingerprint density at radius 1 is 1.14 bits per heavy atom. The molecule has 0 amide bonds. The van der Waals surface area contributed by atoms with Crippen LogP contribution >= 0.6 is 27.5 Å². The van der Waals surface area contributed by atoms with Gasteiger partial charge in [-0.15, -0.1) is 0 Å². The molecular formula is C16H13BrClN3. The van der Waals surface area contributed by atoms with Gasteiger partial charge in [-0.1, -0.05) is 39.7 Å². The van der Waals surface area contributed by atoms with E-state index in [9.17, 15) is 0 Å². The number of aromatic nitrogens is 2. The lowest BCUT2D eigenvalue weighted by molar-refractivity contribution is 0.880. The highest BCUT2D eigenvalue weighted by molar-refractivity contribution is 9.10. The van der Waals surface area contributed by atoms with Gasteiger partial charge < -0.3 is 5.32 Å². The van der Waals surface area contributed by atoms with Gasteiger partial charge >= 0.3 is 0 Å². The summed E-state index contributed by atoms with van der Waals surface area (Å²) in [5.74, 6) is 0.